The number of rotatable bonds is 8. The highest BCUT2D eigenvalue weighted by Crippen LogP contribution is 2.34. The molecule has 4 aromatic heterocycles. The lowest BCUT2D eigenvalue weighted by molar-refractivity contribution is -0.126. The smallest absolute Gasteiger partial charge is 0.393 e. The van der Waals surface area contributed by atoms with Crippen molar-refractivity contribution in [2.24, 2.45) is 0 Å². The third kappa shape index (κ3) is 5.84. The molecule has 9 nitrogen and oxygen atoms in total. The summed E-state index contributed by atoms with van der Waals surface area (Å²) in [6.45, 7) is 2.89. The lowest BCUT2D eigenvalue weighted by Gasteiger charge is -2.33. The quantitative estimate of drug-likeness (QED) is 0.250. The van der Waals surface area contributed by atoms with Crippen LogP contribution in [0.3, 0.4) is 0 Å². The van der Waals surface area contributed by atoms with Crippen LogP contribution in [-0.2, 0) is 19.5 Å². The van der Waals surface area contributed by atoms with Gasteiger partial charge in [0, 0.05) is 59.3 Å². The zero-order chi connectivity index (χ0) is 28.6. The predicted molar refractivity (Wildman–Crippen MR) is 150 cm³/mol. The highest BCUT2D eigenvalue weighted by molar-refractivity contribution is 7.18. The number of anilines is 1. The number of ether oxygens (including phenoxy) is 1. The first-order valence-corrected chi connectivity index (χ1v) is 14.0. The zero-order valence-corrected chi connectivity index (χ0v) is 23.0. The fourth-order valence-electron chi connectivity index (χ4n) is 5.44. The van der Waals surface area contributed by atoms with Crippen LogP contribution in [0, 0.1) is 11.3 Å². The average Bonchev–Trinajstić information content (AvgIpc) is 3.68. The maximum absolute atomic E-state index is 12.9. The second-order valence-electron chi connectivity index (χ2n) is 10.2. The van der Waals surface area contributed by atoms with E-state index in [1.165, 1.54) is 6.33 Å². The Hall–Kier alpha value is -4.15. The van der Waals surface area contributed by atoms with Crippen LogP contribution in [0.2, 0.25) is 0 Å². The van der Waals surface area contributed by atoms with E-state index in [1.54, 1.807) is 19.4 Å². The molecule has 1 fully saturated rings. The molecule has 1 aliphatic heterocycles. The lowest BCUT2D eigenvalue weighted by atomic mass is 10.0. The lowest BCUT2D eigenvalue weighted by Crippen LogP contribution is -2.38. The van der Waals surface area contributed by atoms with E-state index in [9.17, 15) is 18.4 Å². The van der Waals surface area contributed by atoms with Gasteiger partial charge in [-0.2, -0.15) is 23.5 Å². The van der Waals surface area contributed by atoms with Gasteiger partial charge in [-0.05, 0) is 31.0 Å². The minimum atomic E-state index is -4.26. The first kappa shape index (κ1) is 27.0. The second kappa shape index (κ2) is 11.0. The third-order valence-electron chi connectivity index (χ3n) is 7.39. The average molecular weight is 581 g/mol. The Balaban J connectivity index is 1.14. The molecule has 0 atom stereocenters. The van der Waals surface area contributed by atoms with Crippen molar-refractivity contribution in [3.8, 4) is 11.8 Å². The Morgan fingerprint density at radius 1 is 1.17 bits per heavy atom. The molecule has 5 heterocycles. The molecule has 6 rings (SSSR count). The Kier molecular flexibility index (Phi) is 7.27. The number of H-pyrrole nitrogens is 1. The molecule has 1 aliphatic rings. The summed E-state index contributed by atoms with van der Waals surface area (Å²) >= 11 is 1.06. The minimum absolute atomic E-state index is 0.148. The number of aromatic amines is 1. The van der Waals surface area contributed by atoms with Gasteiger partial charge in [0.1, 0.15) is 34.5 Å². The maximum Gasteiger partial charge on any atom is 0.393 e. The second-order valence-corrected chi connectivity index (χ2v) is 11.3. The number of halogens is 3. The maximum atomic E-state index is 12.9. The summed E-state index contributed by atoms with van der Waals surface area (Å²) in [7, 11) is 1.66. The van der Waals surface area contributed by atoms with Crippen LogP contribution in [-0.4, -0.2) is 62.0 Å². The fourth-order valence-corrected chi connectivity index (χ4v) is 6.46. The van der Waals surface area contributed by atoms with Crippen molar-refractivity contribution in [3.63, 3.8) is 0 Å². The number of alkyl halides is 3. The van der Waals surface area contributed by atoms with Gasteiger partial charge in [-0.1, -0.05) is 0 Å². The minimum Gasteiger partial charge on any atom is -0.496 e. The highest BCUT2D eigenvalue weighted by atomic mass is 32.1. The SMILES string of the molecule is COc1cc2c(cc1CN1CCC(Nc3ncnc4sc(CC(F)(F)F)cc34)CC1)cc(C#N)n2Cc1cn[nH]c1. The molecule has 0 bridgehead atoms. The van der Waals surface area contributed by atoms with Crippen LogP contribution in [0.1, 0.15) is 34.5 Å². The molecule has 1 saturated heterocycles. The van der Waals surface area contributed by atoms with Gasteiger partial charge in [0.25, 0.3) is 0 Å². The molecule has 0 amide bonds. The number of thiophene rings is 1. The number of fused-ring (bicyclic) bond motifs is 2. The molecule has 0 saturated carbocycles. The number of nitriles is 1. The van der Waals surface area contributed by atoms with Gasteiger partial charge in [0.2, 0.25) is 0 Å². The molecule has 1 aromatic carbocycles. The monoisotopic (exact) mass is 580 g/mol. The van der Waals surface area contributed by atoms with Crippen LogP contribution in [0.4, 0.5) is 19.0 Å². The van der Waals surface area contributed by atoms with Crippen molar-refractivity contribution in [1.82, 2.24) is 29.6 Å². The van der Waals surface area contributed by atoms with E-state index < -0.39 is 12.6 Å². The third-order valence-corrected chi connectivity index (χ3v) is 8.43. The predicted octanol–water partition coefficient (Wildman–Crippen LogP) is 5.48. The van der Waals surface area contributed by atoms with Gasteiger partial charge < -0.3 is 14.6 Å². The van der Waals surface area contributed by atoms with Gasteiger partial charge in [0.05, 0.1) is 37.2 Å². The van der Waals surface area contributed by atoms with Gasteiger partial charge in [-0.15, -0.1) is 11.3 Å². The summed E-state index contributed by atoms with van der Waals surface area (Å²) in [6, 6.07) is 9.99. The summed E-state index contributed by atoms with van der Waals surface area (Å²) in [5.74, 6) is 1.35. The number of aromatic nitrogens is 5. The molecule has 5 aromatic rings. The molecule has 0 aliphatic carbocycles. The van der Waals surface area contributed by atoms with Crippen molar-refractivity contribution in [3.05, 3.63) is 64.7 Å². The number of piperidine rings is 1. The van der Waals surface area contributed by atoms with Gasteiger partial charge in [0.15, 0.2) is 0 Å². The summed E-state index contributed by atoms with van der Waals surface area (Å²) in [5.41, 5.74) is 3.52. The molecule has 2 N–H and O–H groups in total. The van der Waals surface area contributed by atoms with Gasteiger partial charge >= 0.3 is 6.18 Å². The van der Waals surface area contributed by atoms with Crippen LogP contribution in [0.15, 0.2) is 43.0 Å². The normalized spacial score (nSPS) is 15.0. The first-order valence-electron chi connectivity index (χ1n) is 13.2. The molecular formula is C28H27F3N8OS. The molecular weight excluding hydrogens is 553 g/mol. The van der Waals surface area contributed by atoms with Gasteiger partial charge in [-0.3, -0.25) is 10.00 Å². The van der Waals surface area contributed by atoms with Crippen molar-refractivity contribution >= 4 is 38.3 Å². The van der Waals surface area contributed by atoms with E-state index in [4.69, 9.17) is 4.74 Å². The number of benzene rings is 1. The van der Waals surface area contributed by atoms with Crippen LogP contribution >= 0.6 is 11.3 Å². The number of hydrogen-bond acceptors (Lipinski definition) is 8. The molecule has 0 radical (unpaired) electrons. The number of hydrogen-bond donors (Lipinski definition) is 2. The van der Waals surface area contributed by atoms with Crippen LogP contribution in [0.25, 0.3) is 21.1 Å². The molecule has 0 spiro atoms. The van der Waals surface area contributed by atoms with Crippen molar-refractivity contribution in [2.75, 3.05) is 25.5 Å². The molecule has 0 unspecified atom stereocenters. The van der Waals surface area contributed by atoms with Crippen LogP contribution in [0.5, 0.6) is 5.75 Å². The van der Waals surface area contributed by atoms with Gasteiger partial charge in [-0.25, -0.2) is 9.97 Å². The van der Waals surface area contributed by atoms with Crippen molar-refractivity contribution < 1.29 is 17.9 Å². The number of nitrogens with one attached hydrogen (secondary N) is 2. The zero-order valence-electron chi connectivity index (χ0n) is 22.2. The fraction of sp³-hybridized carbons (Fsp3) is 0.357. The largest absolute Gasteiger partial charge is 0.496 e. The molecule has 41 heavy (non-hydrogen) atoms. The summed E-state index contributed by atoms with van der Waals surface area (Å²) < 4.78 is 46.4. The number of likely N-dealkylation sites (tertiary alicyclic amines) is 1. The summed E-state index contributed by atoms with van der Waals surface area (Å²) in [5, 5.41) is 21.6. The van der Waals surface area contributed by atoms with Crippen molar-refractivity contribution in [1.29, 1.82) is 5.26 Å². The van der Waals surface area contributed by atoms with E-state index in [2.05, 4.69) is 42.5 Å². The summed E-state index contributed by atoms with van der Waals surface area (Å²) in [4.78, 5) is 11.6. The highest BCUT2D eigenvalue weighted by Gasteiger charge is 2.29. The standard InChI is InChI=1S/C28H27F3N8OS/c1-40-25-9-24-18(7-21(11-32)39(24)14-17-12-35-36-13-17)6-19(25)15-38-4-2-20(3-5-38)37-26-23-8-22(10-28(29,30)31)41-27(23)34-16-33-26/h6-9,12-13,16,20H,2-5,10,14-15H2,1H3,(H,35,36)(H,33,34,37). The first-order chi connectivity index (χ1) is 19.8. The van der Waals surface area contributed by atoms with E-state index in [0.29, 0.717) is 34.8 Å². The summed E-state index contributed by atoms with van der Waals surface area (Å²) in [6.07, 6.45) is 1.45. The van der Waals surface area contributed by atoms with Crippen LogP contribution < -0.4 is 10.1 Å². The number of nitrogens with zero attached hydrogens (tertiary/aromatic N) is 6. The molecule has 212 valence electrons. The Labute approximate surface area is 237 Å². The molecule has 13 heteroatoms. The van der Waals surface area contributed by atoms with E-state index in [1.807, 2.05) is 22.9 Å². The Morgan fingerprint density at radius 3 is 2.71 bits per heavy atom. The van der Waals surface area contributed by atoms with E-state index in [-0.39, 0.29) is 10.9 Å². The number of methoxy groups -OCH3 is 1. The topological polar surface area (TPSA) is 108 Å². The Morgan fingerprint density at radius 2 is 2.00 bits per heavy atom. The Bertz CT molecular complexity index is 1710. The van der Waals surface area contributed by atoms with E-state index >= 15 is 0 Å². The van der Waals surface area contributed by atoms with Crippen molar-refractivity contribution in [2.45, 2.75) is 44.6 Å². The van der Waals surface area contributed by atoms with E-state index in [0.717, 1.165) is 65.0 Å².